The van der Waals surface area contributed by atoms with E-state index in [1.807, 2.05) is 5.38 Å². The minimum absolute atomic E-state index is 0.249. The summed E-state index contributed by atoms with van der Waals surface area (Å²) in [5.41, 5.74) is 0.830. The van der Waals surface area contributed by atoms with Gasteiger partial charge in [0.25, 0.3) is 5.89 Å². The number of halogens is 2. The van der Waals surface area contributed by atoms with Crippen LogP contribution in [0.4, 0.5) is 0 Å². The molecule has 2 aromatic rings. The van der Waals surface area contributed by atoms with Crippen molar-refractivity contribution in [3.05, 3.63) is 21.6 Å². The van der Waals surface area contributed by atoms with Gasteiger partial charge in [0.05, 0.1) is 15.3 Å². The summed E-state index contributed by atoms with van der Waals surface area (Å²) in [6, 6.07) is 1.78. The van der Waals surface area contributed by atoms with Crippen LogP contribution in [0.3, 0.4) is 0 Å². The number of nitrogens with zero attached hydrogens (tertiary/aromatic N) is 2. The summed E-state index contributed by atoms with van der Waals surface area (Å²) in [4.78, 5) is 4.13. The van der Waals surface area contributed by atoms with Gasteiger partial charge in [0, 0.05) is 5.38 Å². The predicted octanol–water partition coefficient (Wildman–Crippen LogP) is 3.75. The minimum Gasteiger partial charge on any atom is -0.334 e. The summed E-state index contributed by atoms with van der Waals surface area (Å²) in [6.07, 6.45) is 0. The Hall–Kier alpha value is -0.580. The molecule has 0 fully saturated rings. The zero-order valence-corrected chi connectivity index (χ0v) is 9.53. The van der Waals surface area contributed by atoms with Crippen LogP contribution in [0.1, 0.15) is 18.1 Å². The molecule has 2 heterocycles. The van der Waals surface area contributed by atoms with Crippen molar-refractivity contribution >= 4 is 34.5 Å². The number of hydrogen-bond donors (Lipinski definition) is 0. The maximum Gasteiger partial charge on any atom is 0.258 e. The Labute approximate surface area is 94.7 Å². The second kappa shape index (κ2) is 3.88. The predicted molar refractivity (Wildman–Crippen MR) is 56.9 cm³/mol. The third kappa shape index (κ3) is 1.92. The number of thiophene rings is 1. The van der Waals surface area contributed by atoms with Crippen LogP contribution in [-0.4, -0.2) is 10.1 Å². The first-order chi connectivity index (χ1) is 6.66. The molecule has 0 bridgehead atoms. The number of alkyl halides is 1. The number of aromatic nitrogens is 2. The topological polar surface area (TPSA) is 38.9 Å². The Balaban J connectivity index is 2.33. The van der Waals surface area contributed by atoms with E-state index in [1.165, 1.54) is 11.3 Å². The first-order valence-corrected chi connectivity index (χ1v) is 5.58. The maximum absolute atomic E-state index is 5.80. The maximum atomic E-state index is 5.80. The van der Waals surface area contributed by atoms with Crippen LogP contribution in [0.2, 0.25) is 4.34 Å². The smallest absolute Gasteiger partial charge is 0.258 e. The Morgan fingerprint density at radius 2 is 2.36 bits per heavy atom. The molecular formula is C8H6Cl2N2OS. The molecule has 0 aliphatic carbocycles. The molecule has 3 nitrogen and oxygen atoms in total. The summed E-state index contributed by atoms with van der Waals surface area (Å²) < 4.78 is 5.72. The zero-order chi connectivity index (χ0) is 10.1. The van der Waals surface area contributed by atoms with Gasteiger partial charge in [-0.15, -0.1) is 22.9 Å². The van der Waals surface area contributed by atoms with E-state index in [4.69, 9.17) is 27.7 Å². The molecule has 0 saturated carbocycles. The fourth-order valence-electron chi connectivity index (χ4n) is 0.936. The van der Waals surface area contributed by atoms with Crippen LogP contribution >= 0.6 is 34.5 Å². The number of rotatable bonds is 2. The van der Waals surface area contributed by atoms with Gasteiger partial charge >= 0.3 is 0 Å². The van der Waals surface area contributed by atoms with Gasteiger partial charge in [-0.2, -0.15) is 4.98 Å². The van der Waals surface area contributed by atoms with E-state index < -0.39 is 0 Å². The van der Waals surface area contributed by atoms with Gasteiger partial charge in [0.15, 0.2) is 5.82 Å². The quantitative estimate of drug-likeness (QED) is 0.761. The second-order valence-electron chi connectivity index (χ2n) is 2.71. The van der Waals surface area contributed by atoms with E-state index in [9.17, 15) is 0 Å². The van der Waals surface area contributed by atoms with Crippen LogP contribution in [-0.2, 0) is 0 Å². The molecule has 0 radical (unpaired) electrons. The average molecular weight is 249 g/mol. The molecule has 6 heteroatoms. The highest BCUT2D eigenvalue weighted by Crippen LogP contribution is 2.28. The molecule has 2 rings (SSSR count). The molecule has 14 heavy (non-hydrogen) atoms. The Morgan fingerprint density at radius 3 is 2.86 bits per heavy atom. The molecular weight excluding hydrogens is 243 g/mol. The van der Waals surface area contributed by atoms with E-state index in [0.29, 0.717) is 16.1 Å². The summed E-state index contributed by atoms with van der Waals surface area (Å²) in [7, 11) is 0. The molecule has 0 aromatic carbocycles. The molecule has 0 spiro atoms. The summed E-state index contributed by atoms with van der Waals surface area (Å²) in [5, 5.41) is 5.36. The van der Waals surface area contributed by atoms with Crippen molar-refractivity contribution in [1.82, 2.24) is 10.1 Å². The molecule has 1 unspecified atom stereocenters. The van der Waals surface area contributed by atoms with Gasteiger partial charge in [-0.1, -0.05) is 16.8 Å². The molecule has 1 atom stereocenters. The van der Waals surface area contributed by atoms with E-state index >= 15 is 0 Å². The lowest BCUT2D eigenvalue weighted by molar-refractivity contribution is 0.422. The van der Waals surface area contributed by atoms with E-state index in [2.05, 4.69) is 10.1 Å². The lowest BCUT2D eigenvalue weighted by Crippen LogP contribution is -1.86. The molecule has 0 saturated heterocycles. The Morgan fingerprint density at radius 1 is 1.57 bits per heavy atom. The summed E-state index contributed by atoms with van der Waals surface area (Å²) in [5.74, 6) is 0.944. The molecule has 0 amide bonds. The largest absolute Gasteiger partial charge is 0.334 e. The second-order valence-corrected chi connectivity index (χ2v) is 4.91. The first-order valence-electron chi connectivity index (χ1n) is 3.89. The molecule has 0 aliphatic rings. The van der Waals surface area contributed by atoms with Gasteiger partial charge < -0.3 is 4.52 Å². The lowest BCUT2D eigenvalue weighted by atomic mass is 10.3. The fourth-order valence-corrected chi connectivity index (χ4v) is 1.88. The molecule has 0 aliphatic heterocycles. The highest BCUT2D eigenvalue weighted by Gasteiger charge is 2.13. The van der Waals surface area contributed by atoms with Crippen molar-refractivity contribution in [2.75, 3.05) is 0 Å². The van der Waals surface area contributed by atoms with Crippen molar-refractivity contribution in [3.63, 3.8) is 0 Å². The van der Waals surface area contributed by atoms with Crippen LogP contribution in [0, 0.1) is 0 Å². The highest BCUT2D eigenvalue weighted by atomic mass is 35.5. The average Bonchev–Trinajstić information content (AvgIpc) is 2.70. The first kappa shape index (κ1) is 9.96. The van der Waals surface area contributed by atoms with Gasteiger partial charge in [0.2, 0.25) is 0 Å². The van der Waals surface area contributed by atoms with Crippen molar-refractivity contribution in [2.45, 2.75) is 12.3 Å². The van der Waals surface area contributed by atoms with E-state index in [-0.39, 0.29) is 5.38 Å². The highest BCUT2D eigenvalue weighted by molar-refractivity contribution is 7.14. The minimum atomic E-state index is -0.249. The summed E-state index contributed by atoms with van der Waals surface area (Å²) >= 11 is 13.0. The SMILES string of the molecule is CC(Cl)c1noc(-c2csc(Cl)c2)n1. The molecule has 74 valence electrons. The Bertz CT molecular complexity index is 438. The van der Waals surface area contributed by atoms with Crippen LogP contribution in [0.5, 0.6) is 0 Å². The van der Waals surface area contributed by atoms with Crippen LogP contribution in [0.15, 0.2) is 16.0 Å². The van der Waals surface area contributed by atoms with Gasteiger partial charge in [-0.3, -0.25) is 0 Å². The van der Waals surface area contributed by atoms with Gasteiger partial charge in [-0.25, -0.2) is 0 Å². The number of hydrogen-bond acceptors (Lipinski definition) is 4. The third-order valence-electron chi connectivity index (χ3n) is 1.61. The molecule has 2 aromatic heterocycles. The standard InChI is InChI=1S/C8H6Cl2N2OS/c1-4(9)7-11-8(13-12-7)5-2-6(10)14-3-5/h2-4H,1H3. The van der Waals surface area contributed by atoms with Crippen molar-refractivity contribution in [2.24, 2.45) is 0 Å². The zero-order valence-electron chi connectivity index (χ0n) is 7.20. The van der Waals surface area contributed by atoms with Crippen LogP contribution in [0.25, 0.3) is 11.5 Å². The van der Waals surface area contributed by atoms with E-state index in [1.54, 1.807) is 13.0 Å². The van der Waals surface area contributed by atoms with Crippen LogP contribution < -0.4 is 0 Å². The van der Waals surface area contributed by atoms with Gasteiger partial charge in [-0.05, 0) is 13.0 Å². The van der Waals surface area contributed by atoms with E-state index in [0.717, 1.165) is 5.56 Å². The summed E-state index contributed by atoms with van der Waals surface area (Å²) in [6.45, 7) is 1.79. The lowest BCUT2D eigenvalue weighted by Gasteiger charge is -1.89. The van der Waals surface area contributed by atoms with Gasteiger partial charge in [0.1, 0.15) is 0 Å². The van der Waals surface area contributed by atoms with Crippen molar-refractivity contribution < 1.29 is 4.52 Å². The Kier molecular flexibility index (Phi) is 2.76. The normalized spacial score (nSPS) is 13.1. The third-order valence-corrected chi connectivity index (χ3v) is 2.90. The molecule has 0 N–H and O–H groups in total. The fraction of sp³-hybridized carbons (Fsp3) is 0.250. The monoisotopic (exact) mass is 248 g/mol. The van der Waals surface area contributed by atoms with Crippen molar-refractivity contribution in [3.8, 4) is 11.5 Å². The van der Waals surface area contributed by atoms with Crippen molar-refractivity contribution in [1.29, 1.82) is 0 Å².